The number of benzene rings is 1. The number of aromatic amines is 1. The van der Waals surface area contributed by atoms with Crippen molar-refractivity contribution in [2.75, 3.05) is 5.32 Å². The maximum Gasteiger partial charge on any atom is 0.423 e. The van der Waals surface area contributed by atoms with Gasteiger partial charge in [0.15, 0.2) is 11.6 Å². The first kappa shape index (κ1) is 28.2. The van der Waals surface area contributed by atoms with Gasteiger partial charge in [0.1, 0.15) is 11.3 Å². The lowest BCUT2D eigenvalue weighted by atomic mass is 9.85. The van der Waals surface area contributed by atoms with Crippen LogP contribution in [0.1, 0.15) is 43.4 Å². The summed E-state index contributed by atoms with van der Waals surface area (Å²) in [4.78, 5) is 32.2. The second kappa shape index (κ2) is 10.9. The molecule has 2 atom stereocenters. The van der Waals surface area contributed by atoms with E-state index in [0.29, 0.717) is 25.7 Å². The minimum Gasteiger partial charge on any atom is -0.380 e. The van der Waals surface area contributed by atoms with Crippen molar-refractivity contribution in [1.82, 2.24) is 24.7 Å². The lowest BCUT2D eigenvalue weighted by molar-refractivity contribution is -0.138. The van der Waals surface area contributed by atoms with Crippen molar-refractivity contribution < 1.29 is 30.7 Å². The van der Waals surface area contributed by atoms with Crippen LogP contribution < -0.4 is 16.4 Å². The summed E-state index contributed by atoms with van der Waals surface area (Å²) in [5.74, 6) is -3.02. The molecule has 8 nitrogen and oxygen atoms in total. The van der Waals surface area contributed by atoms with Crippen LogP contribution in [-0.2, 0) is 12.7 Å². The van der Waals surface area contributed by atoms with E-state index in [4.69, 9.17) is 0 Å². The molecule has 0 aliphatic heterocycles. The van der Waals surface area contributed by atoms with Gasteiger partial charge in [-0.2, -0.15) is 18.3 Å². The number of hydrogen-bond donors (Lipinski definition) is 2. The highest BCUT2D eigenvalue weighted by atomic mass is 19.4. The van der Waals surface area contributed by atoms with Crippen LogP contribution in [0, 0.1) is 17.6 Å². The summed E-state index contributed by atoms with van der Waals surface area (Å²) < 4.78 is 97.1. The van der Waals surface area contributed by atoms with Gasteiger partial charge < -0.3 is 9.88 Å². The van der Waals surface area contributed by atoms with Gasteiger partial charge in [-0.05, 0) is 42.7 Å². The van der Waals surface area contributed by atoms with Crippen LogP contribution in [0.2, 0.25) is 0 Å². The molecule has 2 N–H and O–H groups in total. The number of H-pyrrole nitrogens is 1. The number of halogens is 7. The molecular weight excluding hydrogens is 561 g/mol. The largest absolute Gasteiger partial charge is 0.423 e. The number of pyridine rings is 1. The number of aromatic nitrogens is 5. The van der Waals surface area contributed by atoms with E-state index in [-0.39, 0.29) is 29.1 Å². The monoisotopic (exact) mass is 582 g/mol. The topological polar surface area (TPSA) is 106 Å². The van der Waals surface area contributed by atoms with Crippen molar-refractivity contribution in [3.63, 3.8) is 0 Å². The van der Waals surface area contributed by atoms with Gasteiger partial charge in [0.05, 0.1) is 35.4 Å². The van der Waals surface area contributed by atoms with Crippen molar-refractivity contribution in [3.8, 4) is 11.3 Å². The number of fused-ring (bicyclic) bond motifs is 1. The van der Waals surface area contributed by atoms with Gasteiger partial charge in [0.2, 0.25) is 0 Å². The fourth-order valence-electron chi connectivity index (χ4n) is 5.17. The number of rotatable bonds is 6. The molecule has 1 aromatic carbocycles. The highest BCUT2D eigenvalue weighted by Gasteiger charge is 2.38. The Bertz CT molecular complexity index is 1700. The Morgan fingerprint density at radius 3 is 2.54 bits per heavy atom. The molecule has 1 fully saturated rings. The number of nitrogens with one attached hydrogen (secondary N) is 2. The van der Waals surface area contributed by atoms with E-state index in [2.05, 4.69) is 20.4 Å². The maximum atomic E-state index is 15.1. The van der Waals surface area contributed by atoms with E-state index >= 15 is 4.39 Å². The third-order valence-electron chi connectivity index (χ3n) is 7.05. The standard InChI is InChI=1S/C26H21F7N6O2/c27-21-15(16-8-35-18(9-34-16)23(29)30)7-13-4-5-39(25(41)19(13)22(21)28)11-12-2-1-3-14(6-12)37-17-10-36-38-24(40)20(17)26(31,32)33/h4-5,7-10,12,14,23H,1-3,6,11H2,(H2,37,38,40)/t12-,14+/m1/s1. The number of hydrogen-bond acceptors (Lipinski definition) is 6. The molecular formula is C26H21F7N6O2. The van der Waals surface area contributed by atoms with Crippen molar-refractivity contribution in [2.24, 2.45) is 5.92 Å². The molecule has 0 amide bonds. The van der Waals surface area contributed by atoms with Crippen molar-refractivity contribution >= 4 is 16.5 Å². The Morgan fingerprint density at radius 1 is 1.07 bits per heavy atom. The molecule has 0 unspecified atom stereocenters. The first-order valence-electron chi connectivity index (χ1n) is 12.5. The van der Waals surface area contributed by atoms with E-state index in [1.807, 2.05) is 0 Å². The van der Waals surface area contributed by atoms with Gasteiger partial charge in [0.25, 0.3) is 17.5 Å². The zero-order valence-electron chi connectivity index (χ0n) is 21.0. The van der Waals surface area contributed by atoms with Gasteiger partial charge in [-0.25, -0.2) is 22.7 Å². The first-order valence-corrected chi connectivity index (χ1v) is 12.5. The van der Waals surface area contributed by atoms with E-state index in [1.54, 1.807) is 5.10 Å². The highest BCUT2D eigenvalue weighted by molar-refractivity contribution is 5.87. The molecule has 3 aromatic heterocycles. The van der Waals surface area contributed by atoms with E-state index in [0.717, 1.165) is 18.6 Å². The zero-order chi connectivity index (χ0) is 29.5. The molecule has 15 heteroatoms. The minimum absolute atomic E-state index is 0.0598. The zero-order valence-corrected chi connectivity index (χ0v) is 21.0. The Morgan fingerprint density at radius 2 is 1.85 bits per heavy atom. The van der Waals surface area contributed by atoms with Gasteiger partial charge in [-0.1, -0.05) is 6.42 Å². The first-order chi connectivity index (χ1) is 19.4. The van der Waals surface area contributed by atoms with Gasteiger partial charge >= 0.3 is 6.18 Å². The molecule has 216 valence electrons. The molecule has 0 saturated heterocycles. The minimum atomic E-state index is -4.90. The van der Waals surface area contributed by atoms with E-state index in [9.17, 15) is 35.9 Å². The van der Waals surface area contributed by atoms with E-state index < -0.39 is 63.7 Å². The van der Waals surface area contributed by atoms with Crippen molar-refractivity contribution in [2.45, 2.75) is 50.9 Å². The number of nitrogens with zero attached hydrogens (tertiary/aromatic N) is 4. The van der Waals surface area contributed by atoms with Crippen LogP contribution in [-0.4, -0.2) is 30.8 Å². The van der Waals surface area contributed by atoms with Crippen molar-refractivity contribution in [1.29, 1.82) is 0 Å². The molecule has 3 heterocycles. The molecule has 5 rings (SSSR count). The van der Waals surface area contributed by atoms with Crippen LogP contribution in [0.3, 0.4) is 0 Å². The fourth-order valence-corrected chi connectivity index (χ4v) is 5.17. The van der Waals surface area contributed by atoms with Crippen LogP contribution in [0.25, 0.3) is 22.0 Å². The summed E-state index contributed by atoms with van der Waals surface area (Å²) in [5, 5.41) is 7.53. The lowest BCUT2D eigenvalue weighted by Crippen LogP contribution is -2.33. The van der Waals surface area contributed by atoms with Crippen LogP contribution in [0.4, 0.5) is 36.4 Å². The SMILES string of the molecule is O=c1[nH]ncc(N[C@H]2CCC[C@@H](Cn3ccc4cc(-c5cnc(C(F)F)cn5)c(F)c(F)c4c3=O)C2)c1C(F)(F)F. The molecule has 0 bridgehead atoms. The molecule has 1 saturated carbocycles. The Labute approximate surface area is 226 Å². The molecule has 4 aromatic rings. The number of anilines is 1. The Kier molecular flexibility index (Phi) is 7.53. The summed E-state index contributed by atoms with van der Waals surface area (Å²) in [6.07, 6.45) is -1.75. The van der Waals surface area contributed by atoms with E-state index in [1.165, 1.54) is 22.9 Å². The van der Waals surface area contributed by atoms with Crippen LogP contribution in [0.5, 0.6) is 0 Å². The second-order valence-electron chi connectivity index (χ2n) is 9.78. The summed E-state index contributed by atoms with van der Waals surface area (Å²) in [5.41, 5.74) is -5.18. The normalized spacial score (nSPS) is 17.8. The quantitative estimate of drug-likeness (QED) is 0.293. The van der Waals surface area contributed by atoms with Gasteiger partial charge in [-0.15, -0.1) is 0 Å². The second-order valence-corrected chi connectivity index (χ2v) is 9.78. The average Bonchev–Trinajstić information content (AvgIpc) is 2.91. The smallest absolute Gasteiger partial charge is 0.380 e. The Hall–Kier alpha value is -4.30. The average molecular weight is 582 g/mol. The number of alkyl halides is 5. The summed E-state index contributed by atoms with van der Waals surface area (Å²) >= 11 is 0. The molecule has 1 aliphatic rings. The molecule has 0 spiro atoms. The van der Waals surface area contributed by atoms with Crippen LogP contribution in [0.15, 0.2) is 46.5 Å². The Balaban J connectivity index is 1.38. The van der Waals surface area contributed by atoms with Crippen LogP contribution >= 0.6 is 0 Å². The van der Waals surface area contributed by atoms with Gasteiger partial charge in [-0.3, -0.25) is 19.6 Å². The predicted octanol–water partition coefficient (Wildman–Crippen LogP) is 5.45. The fraction of sp³-hybridized carbons (Fsp3) is 0.346. The summed E-state index contributed by atoms with van der Waals surface area (Å²) in [6, 6.07) is 2.13. The highest BCUT2D eigenvalue weighted by Crippen LogP contribution is 2.34. The molecule has 0 radical (unpaired) electrons. The third-order valence-corrected chi connectivity index (χ3v) is 7.05. The predicted molar refractivity (Wildman–Crippen MR) is 133 cm³/mol. The lowest BCUT2D eigenvalue weighted by Gasteiger charge is -2.31. The van der Waals surface area contributed by atoms with Gasteiger partial charge in [0, 0.05) is 24.3 Å². The molecule has 41 heavy (non-hydrogen) atoms. The summed E-state index contributed by atoms with van der Waals surface area (Å²) in [6.45, 7) is 0.0933. The summed E-state index contributed by atoms with van der Waals surface area (Å²) in [7, 11) is 0. The maximum absolute atomic E-state index is 15.1. The van der Waals surface area contributed by atoms with Crippen molar-refractivity contribution in [3.05, 3.63) is 80.5 Å². The third kappa shape index (κ3) is 5.65. The molecule has 1 aliphatic carbocycles.